The van der Waals surface area contributed by atoms with Crippen LogP contribution in [-0.2, 0) is 29.8 Å². The van der Waals surface area contributed by atoms with Crippen LogP contribution in [0.2, 0.25) is 0 Å². The summed E-state index contributed by atoms with van der Waals surface area (Å²) in [7, 11) is 0. The van der Waals surface area contributed by atoms with Crippen LogP contribution in [0.5, 0.6) is 0 Å². The molecule has 2 N–H and O–H groups in total. The molecule has 0 aromatic rings. The predicted molar refractivity (Wildman–Crippen MR) is 3.61 cm³/mol. The Morgan fingerprint density at radius 3 is 1.25 bits per heavy atom. The van der Waals surface area contributed by atoms with E-state index in [-0.39, 0.29) is 22.0 Å². The van der Waals surface area contributed by atoms with E-state index in [1.165, 1.54) is 29.6 Å². The molecule has 0 aliphatic heterocycles. The Hall–Kier alpha value is 2.34. The first-order chi connectivity index (χ1) is 1.00. The van der Waals surface area contributed by atoms with E-state index in [2.05, 4.69) is 13.3 Å². The topological polar surface area (TPSA) is 31.5 Å². The molecule has 0 aliphatic rings. The van der Waals surface area contributed by atoms with Gasteiger partial charge in [0.2, 0.25) is 0 Å². The van der Waals surface area contributed by atoms with Crippen molar-refractivity contribution in [2.45, 2.75) is 0 Å². The maximum atomic E-state index is 2.12. The van der Waals surface area contributed by atoms with Crippen LogP contribution in [0, 0.1) is 29.6 Å². The third-order valence-corrected chi connectivity index (χ3v) is 0. The summed E-state index contributed by atoms with van der Waals surface area (Å²) in [6.45, 7) is 0. The van der Waals surface area contributed by atoms with Crippen LogP contribution in [0.3, 0.4) is 0 Å². The van der Waals surface area contributed by atoms with E-state index in [9.17, 15) is 0 Å². The van der Waals surface area contributed by atoms with E-state index < -0.39 is 0 Å². The summed E-state index contributed by atoms with van der Waals surface area (Å²) in [6, 6.07) is 0. The molecule has 0 atom stereocenters. The van der Waals surface area contributed by atoms with Gasteiger partial charge < -0.3 is 5.48 Å². The van der Waals surface area contributed by atoms with Crippen LogP contribution in [0.1, 0.15) is 0 Å². The molecule has 0 heterocycles. The summed E-state index contributed by atoms with van der Waals surface area (Å²) in [5.74, 6) is 0. The van der Waals surface area contributed by atoms with E-state index in [4.69, 9.17) is 0 Å². The average molecular weight is 312 g/mol. The summed E-state index contributed by atoms with van der Waals surface area (Å²) < 4.78 is 0. The molecular formula is H2LaMoNiO. The van der Waals surface area contributed by atoms with Crippen molar-refractivity contribution < 1.29 is 64.9 Å². The third kappa shape index (κ3) is 8.84. The fourth-order valence-corrected chi connectivity index (χ4v) is 0. The van der Waals surface area contributed by atoms with Gasteiger partial charge in [-0.05, 0) is 0 Å². The number of rotatable bonds is 0. The van der Waals surface area contributed by atoms with Gasteiger partial charge in [0, 0.05) is 16.5 Å². The second-order valence-corrected chi connectivity index (χ2v) is 0. The normalized spacial score (nSPS) is 0.750. The molecule has 0 aromatic carbocycles. The molecule has 0 amide bonds. The standard InChI is InChI=1S/La.Mo.Ni.H2O/h;;;1H2. The van der Waals surface area contributed by atoms with E-state index in [1.54, 1.807) is 0 Å². The maximum Gasteiger partial charge on any atom is 0 e. The second kappa shape index (κ2) is 18.4. The Morgan fingerprint density at radius 1 is 1.25 bits per heavy atom. The Morgan fingerprint density at radius 2 is 1.25 bits per heavy atom. The minimum Gasteiger partial charge on any atom is 0 e. The zero-order valence-corrected chi connectivity index (χ0v) is 8.42. The Labute approximate surface area is 63.7 Å². The van der Waals surface area contributed by atoms with Crippen molar-refractivity contribution >= 4 is 0 Å². The molecule has 0 bridgehead atoms. The minimum absolute atomic E-state index is 0. The van der Waals surface area contributed by atoms with Crippen molar-refractivity contribution in [2.24, 2.45) is 0 Å². The molecule has 0 rings (SSSR count). The summed E-state index contributed by atoms with van der Waals surface area (Å²) in [6.07, 6.45) is 0. The van der Waals surface area contributed by atoms with Crippen LogP contribution in [0.15, 0.2) is 0 Å². The Kier molecular flexibility index (Phi) is 74.5. The summed E-state index contributed by atoms with van der Waals surface area (Å²) in [4.78, 5) is 0. The molecule has 1 nitrogen and oxygen atoms in total. The quantitative estimate of drug-likeness (QED) is 0.523. The van der Waals surface area contributed by atoms with Crippen molar-refractivity contribution in [2.75, 3.05) is 0 Å². The van der Waals surface area contributed by atoms with E-state index >= 15 is 0 Å². The zero-order chi connectivity index (χ0) is 2.00. The molecular weight excluding hydrogens is 310 g/mol. The number of hydrogen-bond acceptors (Lipinski definition) is 0. The van der Waals surface area contributed by atoms with Gasteiger partial charge in [0.15, 0.2) is 0 Å². The van der Waals surface area contributed by atoms with Crippen molar-refractivity contribution in [3.63, 3.8) is 0 Å². The van der Waals surface area contributed by atoms with Crippen molar-refractivity contribution in [3.05, 3.63) is 0 Å². The van der Waals surface area contributed by atoms with Crippen molar-refractivity contribution in [3.8, 4) is 0 Å². The fourth-order valence-electron chi connectivity index (χ4n) is 0. The monoisotopic (exact) mass is 313 g/mol. The van der Waals surface area contributed by atoms with E-state index in [1.807, 2.05) is 0 Å². The zero-order valence-electron chi connectivity index (χ0n) is 1.80. The smallest absolute Gasteiger partial charge is 0 e. The van der Waals surface area contributed by atoms with Crippen molar-refractivity contribution in [1.82, 2.24) is 0 Å². The molecule has 0 aromatic heterocycles. The average Bonchev–Trinajstić information content (AvgIpc) is 1.00. The first kappa shape index (κ1) is 16.2. The van der Waals surface area contributed by atoms with Gasteiger partial charge >= 0.3 is 42.9 Å². The summed E-state index contributed by atoms with van der Waals surface area (Å²) in [5, 5.41) is 0. The van der Waals surface area contributed by atoms with Crippen LogP contribution in [0.25, 0.3) is 0 Å². The van der Waals surface area contributed by atoms with Gasteiger partial charge in [0.05, 0.1) is 0 Å². The molecule has 0 unspecified atom stereocenters. The first-order valence-electron chi connectivity index (χ1n) is 0.236. The van der Waals surface area contributed by atoms with Gasteiger partial charge in [-0.3, -0.25) is 0 Å². The second-order valence-electron chi connectivity index (χ2n) is 0. The SMILES string of the molecule is O.[Mo][La].[Ni]. The molecule has 0 saturated heterocycles. The van der Waals surface area contributed by atoms with Crippen LogP contribution in [-0.4, -0.2) is 5.48 Å². The Balaban J connectivity index is -0.00000000500. The van der Waals surface area contributed by atoms with Crippen LogP contribution >= 0.6 is 0 Å². The Bertz CT molecular complexity index is 8.00. The fraction of sp³-hybridized carbons (Fsp3) is 0. The van der Waals surface area contributed by atoms with Crippen LogP contribution < -0.4 is 0 Å². The van der Waals surface area contributed by atoms with Gasteiger partial charge in [-0.1, -0.05) is 0 Å². The molecule has 0 saturated carbocycles. The maximum absolute atomic E-state index is 2.12. The molecule has 0 spiro atoms. The van der Waals surface area contributed by atoms with Gasteiger partial charge in [0.1, 0.15) is 0 Å². The van der Waals surface area contributed by atoms with Gasteiger partial charge in [-0.2, -0.15) is 0 Å². The van der Waals surface area contributed by atoms with Crippen LogP contribution in [0.4, 0.5) is 0 Å². The molecule has 4 heavy (non-hydrogen) atoms. The molecule has 4 heteroatoms. The molecule has 0 radical (unpaired) electrons. The third-order valence-electron chi connectivity index (χ3n) is 0. The molecule has 0 aliphatic carbocycles. The van der Waals surface area contributed by atoms with Gasteiger partial charge in [0.25, 0.3) is 0 Å². The van der Waals surface area contributed by atoms with Crippen molar-refractivity contribution in [1.29, 1.82) is 0 Å². The summed E-state index contributed by atoms with van der Waals surface area (Å²) >= 11 is 3.29. The largest absolute Gasteiger partial charge is 0 e. The summed E-state index contributed by atoms with van der Waals surface area (Å²) in [5.41, 5.74) is 0. The van der Waals surface area contributed by atoms with E-state index in [0.717, 1.165) is 0 Å². The van der Waals surface area contributed by atoms with E-state index in [0.29, 0.717) is 0 Å². The van der Waals surface area contributed by atoms with Gasteiger partial charge in [-0.25, -0.2) is 0 Å². The number of hydrogen-bond donors (Lipinski definition) is 0. The first-order valence-corrected chi connectivity index (χ1v) is 10.2. The predicted octanol–water partition coefficient (Wildman–Crippen LogP) is -0.830. The minimum atomic E-state index is 0. The van der Waals surface area contributed by atoms with Gasteiger partial charge in [-0.15, -0.1) is 0 Å². The molecule has 27 valence electrons. The molecule has 0 fully saturated rings.